The van der Waals surface area contributed by atoms with Gasteiger partial charge in [0.25, 0.3) is 0 Å². The molecule has 1 saturated carbocycles. The quantitative estimate of drug-likeness (QED) is 0.223. The van der Waals surface area contributed by atoms with E-state index in [0.29, 0.717) is 18.3 Å². The van der Waals surface area contributed by atoms with Crippen LogP contribution in [0.5, 0.6) is 0 Å². The van der Waals surface area contributed by atoms with Crippen molar-refractivity contribution in [1.29, 1.82) is 0 Å². The molecule has 0 aliphatic heterocycles. The highest BCUT2D eigenvalue weighted by Crippen LogP contribution is 2.42. The number of rotatable bonds is 10. The first kappa shape index (κ1) is 27.3. The Kier molecular flexibility index (Phi) is 9.25. The Labute approximate surface area is 233 Å². The maximum atomic E-state index is 12.7. The lowest BCUT2D eigenvalue weighted by molar-refractivity contribution is -0.117. The molecule has 5 rings (SSSR count). The summed E-state index contributed by atoms with van der Waals surface area (Å²) in [7, 11) is 4.22. The maximum absolute atomic E-state index is 12.7. The SMILES string of the molecule is CN(C)CCCCNc1ncc2c(n1)-c1ccccc1C(c1ccc(NC(=O)CC3CCCCCC3)cc1)C2. The molecule has 2 N–H and O–H groups in total. The van der Waals surface area contributed by atoms with Gasteiger partial charge in [0.2, 0.25) is 11.9 Å². The molecule has 1 aromatic heterocycles. The molecule has 0 radical (unpaired) electrons. The average molecular weight is 526 g/mol. The second kappa shape index (κ2) is 13.2. The fraction of sp³-hybridized carbons (Fsp3) is 0.485. The Balaban J connectivity index is 1.25. The molecule has 39 heavy (non-hydrogen) atoms. The van der Waals surface area contributed by atoms with E-state index in [1.54, 1.807) is 0 Å². The zero-order valence-corrected chi connectivity index (χ0v) is 23.6. The zero-order chi connectivity index (χ0) is 27.0. The van der Waals surface area contributed by atoms with Gasteiger partial charge in [-0.05, 0) is 87.5 Å². The first-order chi connectivity index (χ1) is 19.1. The van der Waals surface area contributed by atoms with Gasteiger partial charge in [0.15, 0.2) is 0 Å². The Morgan fingerprint density at radius 1 is 0.974 bits per heavy atom. The second-order valence-corrected chi connectivity index (χ2v) is 11.6. The number of anilines is 2. The van der Waals surface area contributed by atoms with Crippen LogP contribution in [0.4, 0.5) is 11.6 Å². The molecule has 1 amide bonds. The van der Waals surface area contributed by atoms with E-state index in [9.17, 15) is 4.79 Å². The zero-order valence-electron chi connectivity index (χ0n) is 23.6. The van der Waals surface area contributed by atoms with Crippen LogP contribution in [-0.2, 0) is 11.2 Å². The number of carbonyl (C=O) groups excluding carboxylic acids is 1. The lowest BCUT2D eigenvalue weighted by atomic mass is 9.78. The highest BCUT2D eigenvalue weighted by atomic mass is 16.1. The van der Waals surface area contributed by atoms with Crippen LogP contribution in [-0.4, -0.2) is 48.0 Å². The van der Waals surface area contributed by atoms with Gasteiger partial charge in [0.1, 0.15) is 0 Å². The van der Waals surface area contributed by atoms with E-state index in [4.69, 9.17) is 4.98 Å². The lowest BCUT2D eigenvalue weighted by Gasteiger charge is -2.27. The van der Waals surface area contributed by atoms with Gasteiger partial charge < -0.3 is 15.5 Å². The number of nitrogens with zero attached hydrogens (tertiary/aromatic N) is 3. The van der Waals surface area contributed by atoms with E-state index >= 15 is 0 Å². The second-order valence-electron chi connectivity index (χ2n) is 11.6. The average Bonchev–Trinajstić information content (AvgIpc) is 3.21. The third-order valence-electron chi connectivity index (χ3n) is 8.24. The number of hydrogen-bond acceptors (Lipinski definition) is 5. The van der Waals surface area contributed by atoms with E-state index in [1.807, 2.05) is 6.20 Å². The van der Waals surface area contributed by atoms with Gasteiger partial charge >= 0.3 is 0 Å². The van der Waals surface area contributed by atoms with Gasteiger partial charge in [-0.15, -0.1) is 0 Å². The van der Waals surface area contributed by atoms with Crippen molar-refractivity contribution in [3.8, 4) is 11.3 Å². The molecule has 0 spiro atoms. The van der Waals surface area contributed by atoms with Crippen molar-refractivity contribution in [3.63, 3.8) is 0 Å². The molecule has 2 aliphatic rings. The summed E-state index contributed by atoms with van der Waals surface area (Å²) in [6, 6.07) is 17.0. The van der Waals surface area contributed by atoms with Crippen LogP contribution < -0.4 is 10.6 Å². The number of aromatic nitrogens is 2. The topological polar surface area (TPSA) is 70.2 Å². The van der Waals surface area contributed by atoms with Crippen molar-refractivity contribution in [2.75, 3.05) is 37.8 Å². The van der Waals surface area contributed by atoms with Crippen LogP contribution in [0.3, 0.4) is 0 Å². The fourth-order valence-electron chi connectivity index (χ4n) is 6.11. The number of fused-ring (bicyclic) bond motifs is 3. The molecule has 6 heteroatoms. The number of amides is 1. The van der Waals surface area contributed by atoms with Crippen LogP contribution in [0.1, 0.15) is 80.4 Å². The van der Waals surface area contributed by atoms with Gasteiger partial charge in [-0.2, -0.15) is 0 Å². The predicted octanol–water partition coefficient (Wildman–Crippen LogP) is 6.88. The number of nitrogens with one attached hydrogen (secondary N) is 2. The highest BCUT2D eigenvalue weighted by Gasteiger charge is 2.27. The number of hydrogen-bond donors (Lipinski definition) is 2. The molecular weight excluding hydrogens is 482 g/mol. The molecular formula is C33H43N5O. The minimum absolute atomic E-state index is 0.144. The van der Waals surface area contributed by atoms with Crippen molar-refractivity contribution >= 4 is 17.5 Å². The molecule has 2 aromatic carbocycles. The minimum Gasteiger partial charge on any atom is -0.354 e. The largest absolute Gasteiger partial charge is 0.354 e. The fourth-order valence-corrected chi connectivity index (χ4v) is 6.11. The van der Waals surface area contributed by atoms with Crippen LogP contribution in [0, 0.1) is 5.92 Å². The van der Waals surface area contributed by atoms with Crippen molar-refractivity contribution < 1.29 is 4.79 Å². The number of benzene rings is 2. The maximum Gasteiger partial charge on any atom is 0.224 e. The Bertz CT molecular complexity index is 1230. The third-order valence-corrected chi connectivity index (χ3v) is 8.24. The van der Waals surface area contributed by atoms with E-state index in [0.717, 1.165) is 43.7 Å². The molecule has 0 bridgehead atoms. The highest BCUT2D eigenvalue weighted by molar-refractivity contribution is 5.90. The Morgan fingerprint density at radius 3 is 2.51 bits per heavy atom. The van der Waals surface area contributed by atoms with Gasteiger partial charge in [-0.3, -0.25) is 4.79 Å². The molecule has 2 aliphatic carbocycles. The normalized spacial score (nSPS) is 17.3. The number of unbranched alkanes of at least 4 members (excludes halogenated alkanes) is 1. The first-order valence-electron chi connectivity index (χ1n) is 14.8. The van der Waals surface area contributed by atoms with E-state index in [-0.39, 0.29) is 11.8 Å². The minimum atomic E-state index is 0.144. The van der Waals surface area contributed by atoms with Gasteiger partial charge in [-0.25, -0.2) is 9.97 Å². The van der Waals surface area contributed by atoms with Crippen LogP contribution in [0.2, 0.25) is 0 Å². The molecule has 3 aromatic rings. The third kappa shape index (κ3) is 7.24. The Morgan fingerprint density at radius 2 is 1.74 bits per heavy atom. The van der Waals surface area contributed by atoms with Crippen molar-refractivity contribution in [3.05, 3.63) is 71.4 Å². The summed E-state index contributed by atoms with van der Waals surface area (Å²) < 4.78 is 0. The van der Waals surface area contributed by atoms with Gasteiger partial charge in [0, 0.05) is 36.3 Å². The monoisotopic (exact) mass is 525 g/mol. The molecule has 1 heterocycles. The van der Waals surface area contributed by atoms with E-state index in [1.165, 1.54) is 60.8 Å². The van der Waals surface area contributed by atoms with Crippen molar-refractivity contribution in [2.24, 2.45) is 5.92 Å². The molecule has 1 atom stereocenters. The van der Waals surface area contributed by atoms with Crippen LogP contribution >= 0.6 is 0 Å². The summed E-state index contributed by atoms with van der Waals surface area (Å²) in [4.78, 5) is 24.5. The summed E-state index contributed by atoms with van der Waals surface area (Å²) in [6.07, 6.45) is 13.3. The summed E-state index contributed by atoms with van der Waals surface area (Å²) in [5.74, 6) is 1.62. The Hall–Kier alpha value is -3.25. The van der Waals surface area contributed by atoms with Crippen molar-refractivity contribution in [2.45, 2.75) is 70.1 Å². The smallest absolute Gasteiger partial charge is 0.224 e. The first-order valence-corrected chi connectivity index (χ1v) is 14.8. The summed E-state index contributed by atoms with van der Waals surface area (Å²) in [5, 5.41) is 6.56. The molecule has 1 fully saturated rings. The summed E-state index contributed by atoms with van der Waals surface area (Å²) in [6.45, 7) is 1.97. The van der Waals surface area contributed by atoms with E-state index in [2.05, 4.69) is 83.1 Å². The molecule has 206 valence electrons. The van der Waals surface area contributed by atoms with Crippen molar-refractivity contribution in [1.82, 2.24) is 14.9 Å². The van der Waals surface area contributed by atoms with E-state index < -0.39 is 0 Å². The lowest BCUT2D eigenvalue weighted by Crippen LogP contribution is -2.17. The van der Waals surface area contributed by atoms with Crippen LogP contribution in [0.25, 0.3) is 11.3 Å². The predicted molar refractivity (Wildman–Crippen MR) is 160 cm³/mol. The molecule has 6 nitrogen and oxygen atoms in total. The summed E-state index contributed by atoms with van der Waals surface area (Å²) in [5.41, 5.74) is 6.82. The van der Waals surface area contributed by atoms with Gasteiger partial charge in [-0.1, -0.05) is 62.1 Å². The van der Waals surface area contributed by atoms with Crippen LogP contribution in [0.15, 0.2) is 54.7 Å². The molecule has 0 saturated heterocycles. The molecule has 1 unspecified atom stereocenters. The standard InChI is InChI=1S/C33H43N5O/c1-38(2)20-10-9-19-34-33-35-23-26-22-30(28-13-7-8-14-29(28)32(26)37-33)25-15-17-27(18-16-25)36-31(39)21-24-11-5-3-4-6-12-24/h7-8,13-18,23-24,30H,3-6,9-12,19-22H2,1-2H3,(H,36,39)(H,34,35,37). The van der Waals surface area contributed by atoms with Gasteiger partial charge in [0.05, 0.1) is 5.69 Å². The summed E-state index contributed by atoms with van der Waals surface area (Å²) >= 11 is 0. The number of carbonyl (C=O) groups is 1.